The summed E-state index contributed by atoms with van der Waals surface area (Å²) in [7, 11) is -1.75. The number of nitrogens with zero attached hydrogens (tertiary/aromatic N) is 2. The van der Waals surface area contributed by atoms with Gasteiger partial charge in [0.25, 0.3) is 0 Å². The fourth-order valence-corrected chi connectivity index (χ4v) is 2.68. The van der Waals surface area contributed by atoms with Crippen molar-refractivity contribution in [2.75, 3.05) is 24.6 Å². The van der Waals surface area contributed by atoms with Gasteiger partial charge in [-0.15, -0.1) is 0 Å². The number of anilines is 1. The van der Waals surface area contributed by atoms with Crippen LogP contribution in [0.2, 0.25) is 0 Å². The van der Waals surface area contributed by atoms with Crippen molar-refractivity contribution < 1.29 is 13.2 Å². The molecule has 15 heavy (non-hydrogen) atoms. The van der Waals surface area contributed by atoms with Crippen molar-refractivity contribution in [1.82, 2.24) is 4.98 Å². The Morgan fingerprint density at radius 2 is 2.27 bits per heavy atom. The molecule has 0 amide bonds. The molecule has 1 saturated heterocycles. The van der Waals surface area contributed by atoms with Gasteiger partial charge in [0.1, 0.15) is 5.25 Å². The van der Waals surface area contributed by atoms with E-state index in [1.165, 1.54) is 17.5 Å². The van der Waals surface area contributed by atoms with Crippen molar-refractivity contribution in [2.45, 2.75) is 5.25 Å². The van der Waals surface area contributed by atoms with Gasteiger partial charge >= 0.3 is 0 Å². The Morgan fingerprint density at radius 3 is 2.73 bits per heavy atom. The average Bonchev–Trinajstić information content (AvgIpc) is 2.14. The average molecular weight is 228 g/mol. The molecule has 1 fully saturated rings. The molecule has 2 rings (SSSR count). The van der Waals surface area contributed by atoms with Gasteiger partial charge in [0.15, 0.2) is 0 Å². The smallest absolute Gasteiger partial charge is 0.242 e. The monoisotopic (exact) mass is 228 g/mol. The quantitative estimate of drug-likeness (QED) is 0.744. The maximum atomic E-state index is 11.9. The summed E-state index contributed by atoms with van der Waals surface area (Å²) in [6.45, 7) is 0.569. The largest absolute Gasteiger partial charge is 0.378 e. The molecule has 0 unspecified atom stereocenters. The van der Waals surface area contributed by atoms with E-state index in [-0.39, 0.29) is 13.2 Å². The third kappa shape index (κ3) is 1.82. The Kier molecular flexibility index (Phi) is 2.62. The van der Waals surface area contributed by atoms with E-state index in [0.717, 1.165) is 0 Å². The van der Waals surface area contributed by atoms with E-state index >= 15 is 0 Å². The van der Waals surface area contributed by atoms with Crippen molar-refractivity contribution in [3.05, 3.63) is 24.5 Å². The highest BCUT2D eigenvalue weighted by Crippen LogP contribution is 2.21. The van der Waals surface area contributed by atoms with E-state index in [1.54, 1.807) is 18.3 Å². The zero-order valence-corrected chi connectivity index (χ0v) is 9.14. The van der Waals surface area contributed by atoms with Gasteiger partial charge in [-0.3, -0.25) is 9.29 Å². The van der Waals surface area contributed by atoms with Gasteiger partial charge in [-0.1, -0.05) is 0 Å². The first kappa shape index (κ1) is 10.4. The maximum absolute atomic E-state index is 11.9. The first-order valence-electron chi connectivity index (χ1n) is 4.58. The van der Waals surface area contributed by atoms with Gasteiger partial charge < -0.3 is 4.74 Å². The summed E-state index contributed by atoms with van der Waals surface area (Å²) in [4.78, 5) is 3.89. The number of aromatic nitrogens is 1. The molecule has 0 saturated carbocycles. The fourth-order valence-electron chi connectivity index (χ4n) is 1.30. The molecule has 0 N–H and O–H groups in total. The zero-order chi connectivity index (χ0) is 10.9. The Hall–Kier alpha value is -1.14. The van der Waals surface area contributed by atoms with Crippen LogP contribution in [0.3, 0.4) is 0 Å². The standard InChI is InChI=1S/C9H12N2O3S/c1-11(8-3-2-4-10-5-8)15(12,13)9-6-14-7-9/h2-5,9H,6-7H2,1H3. The summed E-state index contributed by atoms with van der Waals surface area (Å²) in [5, 5.41) is -0.414. The normalized spacial score (nSPS) is 17.1. The number of ether oxygens (including phenoxy) is 1. The van der Waals surface area contributed by atoms with E-state index in [0.29, 0.717) is 5.69 Å². The third-order valence-corrected chi connectivity index (χ3v) is 4.51. The topological polar surface area (TPSA) is 59.5 Å². The highest BCUT2D eigenvalue weighted by Gasteiger charge is 2.35. The van der Waals surface area contributed by atoms with Gasteiger partial charge in [-0.25, -0.2) is 8.42 Å². The minimum absolute atomic E-state index is 0.285. The number of pyridine rings is 1. The zero-order valence-electron chi connectivity index (χ0n) is 8.33. The molecule has 2 heterocycles. The van der Waals surface area contributed by atoms with Crippen molar-refractivity contribution >= 4 is 15.7 Å². The molecule has 0 aliphatic carbocycles. The number of hydrogen-bond acceptors (Lipinski definition) is 4. The third-order valence-electron chi connectivity index (χ3n) is 2.42. The molecule has 1 aliphatic rings. The lowest BCUT2D eigenvalue weighted by Crippen LogP contribution is -2.47. The lowest BCUT2D eigenvalue weighted by molar-refractivity contribution is 0.0415. The minimum Gasteiger partial charge on any atom is -0.378 e. The van der Waals surface area contributed by atoms with Crippen LogP contribution in [-0.2, 0) is 14.8 Å². The van der Waals surface area contributed by atoms with Crippen LogP contribution in [-0.4, -0.2) is 38.9 Å². The van der Waals surface area contributed by atoms with Crippen molar-refractivity contribution in [3.8, 4) is 0 Å². The first-order valence-corrected chi connectivity index (χ1v) is 6.08. The maximum Gasteiger partial charge on any atom is 0.242 e. The SMILES string of the molecule is CN(c1cccnc1)S(=O)(=O)C1COC1. The molecular formula is C9H12N2O3S. The Bertz CT molecular complexity index is 428. The van der Waals surface area contributed by atoms with Gasteiger partial charge in [0, 0.05) is 13.2 Å². The van der Waals surface area contributed by atoms with Crippen LogP contribution < -0.4 is 4.31 Å². The molecular weight excluding hydrogens is 216 g/mol. The second-order valence-electron chi connectivity index (χ2n) is 3.38. The molecule has 0 bridgehead atoms. The van der Waals surface area contributed by atoms with Gasteiger partial charge in [0.2, 0.25) is 10.0 Å². The fraction of sp³-hybridized carbons (Fsp3) is 0.444. The minimum atomic E-state index is -3.29. The van der Waals surface area contributed by atoms with E-state index in [2.05, 4.69) is 4.98 Å². The Morgan fingerprint density at radius 1 is 1.53 bits per heavy atom. The lowest BCUT2D eigenvalue weighted by Gasteiger charge is -2.30. The predicted octanol–water partition coefficient (Wildman–Crippen LogP) is 0.246. The van der Waals surface area contributed by atoms with E-state index < -0.39 is 15.3 Å². The van der Waals surface area contributed by atoms with E-state index in [4.69, 9.17) is 4.74 Å². The second-order valence-corrected chi connectivity index (χ2v) is 5.63. The molecule has 1 aliphatic heterocycles. The van der Waals surface area contributed by atoms with Gasteiger partial charge in [-0.05, 0) is 12.1 Å². The number of hydrogen-bond donors (Lipinski definition) is 0. The highest BCUT2D eigenvalue weighted by molar-refractivity contribution is 7.93. The molecule has 0 radical (unpaired) electrons. The van der Waals surface area contributed by atoms with Crippen LogP contribution in [0.25, 0.3) is 0 Å². The summed E-state index contributed by atoms with van der Waals surface area (Å²) in [6.07, 6.45) is 3.13. The highest BCUT2D eigenvalue weighted by atomic mass is 32.2. The van der Waals surface area contributed by atoms with Crippen LogP contribution in [0.15, 0.2) is 24.5 Å². The van der Waals surface area contributed by atoms with E-state index in [1.807, 2.05) is 0 Å². The van der Waals surface area contributed by atoms with Gasteiger partial charge in [-0.2, -0.15) is 0 Å². The van der Waals surface area contributed by atoms with Crippen LogP contribution in [0.4, 0.5) is 5.69 Å². The van der Waals surface area contributed by atoms with Crippen LogP contribution in [0.1, 0.15) is 0 Å². The first-order chi connectivity index (χ1) is 7.12. The van der Waals surface area contributed by atoms with E-state index in [9.17, 15) is 8.42 Å². The molecule has 82 valence electrons. The summed E-state index contributed by atoms with van der Waals surface area (Å²) >= 11 is 0. The summed E-state index contributed by atoms with van der Waals surface area (Å²) in [5.74, 6) is 0. The summed E-state index contributed by atoms with van der Waals surface area (Å²) < 4.78 is 30.0. The lowest BCUT2D eigenvalue weighted by atomic mass is 10.4. The van der Waals surface area contributed by atoms with Crippen molar-refractivity contribution in [3.63, 3.8) is 0 Å². The van der Waals surface area contributed by atoms with Crippen LogP contribution >= 0.6 is 0 Å². The molecule has 1 aromatic rings. The number of sulfonamides is 1. The second kappa shape index (κ2) is 3.79. The number of rotatable bonds is 3. The molecule has 6 heteroatoms. The summed E-state index contributed by atoms with van der Waals surface area (Å²) in [6, 6.07) is 3.42. The Labute approximate surface area is 88.7 Å². The Balaban J connectivity index is 2.24. The van der Waals surface area contributed by atoms with Gasteiger partial charge in [0.05, 0.1) is 25.1 Å². The molecule has 0 atom stereocenters. The van der Waals surface area contributed by atoms with Crippen molar-refractivity contribution in [1.29, 1.82) is 0 Å². The predicted molar refractivity (Wildman–Crippen MR) is 56.2 cm³/mol. The van der Waals surface area contributed by atoms with Crippen LogP contribution in [0, 0.1) is 0 Å². The van der Waals surface area contributed by atoms with Crippen LogP contribution in [0.5, 0.6) is 0 Å². The summed E-state index contributed by atoms with van der Waals surface area (Å²) in [5.41, 5.74) is 0.574. The molecule has 5 nitrogen and oxygen atoms in total. The molecule has 0 spiro atoms. The molecule has 0 aromatic carbocycles. The molecule has 1 aromatic heterocycles. The van der Waals surface area contributed by atoms with Crippen molar-refractivity contribution in [2.24, 2.45) is 0 Å².